The highest BCUT2D eigenvalue weighted by molar-refractivity contribution is 6.83. The Morgan fingerprint density at radius 1 is 1.00 bits per heavy atom. The summed E-state index contributed by atoms with van der Waals surface area (Å²) in [5.41, 5.74) is 0.302. The van der Waals surface area contributed by atoms with E-state index < -0.39 is 16.3 Å². The van der Waals surface area contributed by atoms with Crippen molar-refractivity contribution in [3.63, 3.8) is 0 Å². The maximum absolute atomic E-state index is 2.65. The molecule has 104 valence electrons. The van der Waals surface area contributed by atoms with Crippen LogP contribution in [0, 0.1) is 5.41 Å². The lowest BCUT2D eigenvalue weighted by atomic mass is 9.86. The third-order valence-electron chi connectivity index (χ3n) is 3.58. The number of rotatable bonds is 2. The topological polar surface area (TPSA) is 3.24 Å². The Bertz CT molecular complexity index is 361. The first-order valence-corrected chi connectivity index (χ1v) is 14.0. The first-order chi connectivity index (χ1) is 7.83. The Labute approximate surface area is 116 Å². The van der Waals surface area contributed by atoms with Crippen LogP contribution in [0.5, 0.6) is 0 Å². The number of hydrogen-bond donors (Lipinski definition) is 0. The van der Waals surface area contributed by atoms with Gasteiger partial charge in [-0.25, -0.2) is 0 Å². The molecule has 1 heterocycles. The Kier molecular flexibility index (Phi) is 4.10. The Morgan fingerprint density at radius 3 is 1.83 bits per heavy atom. The van der Waals surface area contributed by atoms with E-state index >= 15 is 0 Å². The average molecular weight is 282 g/mol. The van der Waals surface area contributed by atoms with Crippen LogP contribution in [0.4, 0.5) is 0 Å². The predicted octanol–water partition coefficient (Wildman–Crippen LogP) is 4.87. The van der Waals surface area contributed by atoms with E-state index in [1.807, 2.05) is 0 Å². The van der Waals surface area contributed by atoms with E-state index in [1.54, 1.807) is 5.20 Å². The molecule has 1 unspecified atom stereocenters. The van der Waals surface area contributed by atoms with Crippen LogP contribution < -0.4 is 0 Å². The van der Waals surface area contributed by atoms with Gasteiger partial charge in [-0.15, -0.1) is 0 Å². The van der Waals surface area contributed by atoms with Gasteiger partial charge in [-0.3, -0.25) is 0 Å². The molecule has 0 saturated heterocycles. The standard InChI is InChI=1S/C15H31NSi2/c1-15(2,3)14-12-13(17(4,5)6)10-11-16(14)18(7,8)9/h10-12,14H,1-9H3. The fourth-order valence-corrected chi connectivity index (χ4v) is 5.42. The van der Waals surface area contributed by atoms with Crippen molar-refractivity contribution < 1.29 is 0 Å². The Morgan fingerprint density at radius 2 is 1.50 bits per heavy atom. The molecule has 0 N–H and O–H groups in total. The van der Waals surface area contributed by atoms with E-state index in [4.69, 9.17) is 0 Å². The molecule has 18 heavy (non-hydrogen) atoms. The van der Waals surface area contributed by atoms with Crippen LogP contribution in [0.15, 0.2) is 23.5 Å². The van der Waals surface area contributed by atoms with Crippen molar-refractivity contribution >= 4 is 16.3 Å². The minimum absolute atomic E-state index is 0.302. The zero-order valence-electron chi connectivity index (χ0n) is 13.8. The van der Waals surface area contributed by atoms with Gasteiger partial charge in [0.05, 0.1) is 8.07 Å². The van der Waals surface area contributed by atoms with Crippen molar-refractivity contribution in [2.45, 2.75) is 66.1 Å². The molecule has 0 fully saturated rings. The minimum Gasteiger partial charge on any atom is -0.397 e. The van der Waals surface area contributed by atoms with E-state index in [2.05, 4.69) is 83.0 Å². The molecular weight excluding hydrogens is 250 g/mol. The first kappa shape index (κ1) is 15.8. The molecule has 0 spiro atoms. The molecule has 0 bridgehead atoms. The predicted molar refractivity (Wildman–Crippen MR) is 89.0 cm³/mol. The van der Waals surface area contributed by atoms with Crippen molar-refractivity contribution in [3.8, 4) is 0 Å². The summed E-state index contributed by atoms with van der Waals surface area (Å²) in [5, 5.41) is 1.61. The van der Waals surface area contributed by atoms with Gasteiger partial charge in [0.15, 0.2) is 0 Å². The van der Waals surface area contributed by atoms with Crippen LogP contribution >= 0.6 is 0 Å². The number of allylic oxidation sites excluding steroid dienone is 2. The lowest BCUT2D eigenvalue weighted by molar-refractivity contribution is 0.251. The molecule has 0 aromatic rings. The Balaban J connectivity index is 3.18. The van der Waals surface area contributed by atoms with Gasteiger partial charge in [-0.2, -0.15) is 0 Å². The maximum Gasteiger partial charge on any atom is 0.147 e. The molecule has 1 nitrogen and oxygen atoms in total. The zero-order valence-corrected chi connectivity index (χ0v) is 15.8. The highest BCUT2D eigenvalue weighted by Gasteiger charge is 2.37. The zero-order chi connectivity index (χ0) is 14.4. The molecule has 0 aromatic carbocycles. The first-order valence-electron chi connectivity index (χ1n) is 7.02. The summed E-state index contributed by atoms with van der Waals surface area (Å²) < 4.78 is 2.65. The van der Waals surface area contributed by atoms with Gasteiger partial charge in [0.2, 0.25) is 0 Å². The molecule has 1 aliphatic heterocycles. The molecule has 1 atom stereocenters. The summed E-state index contributed by atoms with van der Waals surface area (Å²) in [6, 6.07) is 0.552. The van der Waals surface area contributed by atoms with E-state index in [0.29, 0.717) is 11.5 Å². The third-order valence-corrected chi connectivity index (χ3v) is 7.62. The van der Waals surface area contributed by atoms with Gasteiger partial charge >= 0.3 is 0 Å². The van der Waals surface area contributed by atoms with Gasteiger partial charge in [0.25, 0.3) is 0 Å². The molecule has 0 aromatic heterocycles. The molecule has 3 heteroatoms. The Hall–Kier alpha value is -0.286. The van der Waals surface area contributed by atoms with Crippen LogP contribution in [-0.2, 0) is 0 Å². The molecule has 0 aliphatic carbocycles. The van der Waals surface area contributed by atoms with Crippen molar-refractivity contribution in [2.24, 2.45) is 5.41 Å². The third kappa shape index (κ3) is 3.61. The largest absolute Gasteiger partial charge is 0.397 e. The van der Waals surface area contributed by atoms with Gasteiger partial charge in [0, 0.05) is 6.04 Å². The van der Waals surface area contributed by atoms with Crippen LogP contribution in [-0.4, -0.2) is 26.9 Å². The van der Waals surface area contributed by atoms with E-state index in [0.717, 1.165) is 0 Å². The highest BCUT2D eigenvalue weighted by Crippen LogP contribution is 2.34. The van der Waals surface area contributed by atoms with Gasteiger partial charge < -0.3 is 4.57 Å². The number of hydrogen-bond acceptors (Lipinski definition) is 1. The minimum atomic E-state index is -1.30. The molecular formula is C15H31NSi2. The van der Waals surface area contributed by atoms with E-state index in [-0.39, 0.29) is 0 Å². The monoisotopic (exact) mass is 281 g/mol. The summed E-state index contributed by atoms with van der Waals surface area (Å²) in [7, 11) is -2.50. The van der Waals surface area contributed by atoms with E-state index in [1.165, 1.54) is 0 Å². The SMILES string of the molecule is CC(C)(C)C1C=C([Si](C)(C)C)C=CN1[Si](C)(C)C. The van der Waals surface area contributed by atoms with Crippen LogP contribution in [0.1, 0.15) is 20.8 Å². The lowest BCUT2D eigenvalue weighted by Gasteiger charge is -2.47. The second-order valence-corrected chi connectivity index (χ2v) is 18.5. The second-order valence-electron chi connectivity index (χ2n) is 8.58. The quantitative estimate of drug-likeness (QED) is 0.653. The van der Waals surface area contributed by atoms with Crippen molar-refractivity contribution in [1.82, 2.24) is 4.57 Å². The normalized spacial score (nSPS) is 22.2. The van der Waals surface area contributed by atoms with Crippen molar-refractivity contribution in [3.05, 3.63) is 23.5 Å². The van der Waals surface area contributed by atoms with Gasteiger partial charge in [-0.05, 0) is 17.7 Å². The van der Waals surface area contributed by atoms with Gasteiger partial charge in [0.1, 0.15) is 8.24 Å². The van der Waals surface area contributed by atoms with Crippen molar-refractivity contribution in [1.29, 1.82) is 0 Å². The average Bonchev–Trinajstić information content (AvgIpc) is 2.12. The maximum atomic E-state index is 2.65. The van der Waals surface area contributed by atoms with Gasteiger partial charge in [-0.1, -0.05) is 71.3 Å². The smallest absolute Gasteiger partial charge is 0.147 e. The lowest BCUT2D eigenvalue weighted by Crippen LogP contribution is -2.54. The van der Waals surface area contributed by atoms with E-state index in [9.17, 15) is 0 Å². The van der Waals surface area contributed by atoms with Crippen molar-refractivity contribution in [2.75, 3.05) is 0 Å². The number of nitrogens with zero attached hydrogens (tertiary/aromatic N) is 1. The molecule has 0 saturated carbocycles. The molecule has 0 amide bonds. The second kappa shape index (κ2) is 4.67. The van der Waals surface area contributed by atoms with Crippen LogP contribution in [0.3, 0.4) is 0 Å². The van der Waals surface area contributed by atoms with Crippen LogP contribution in [0.25, 0.3) is 0 Å². The summed E-state index contributed by atoms with van der Waals surface area (Å²) in [6.45, 7) is 21.7. The van der Waals surface area contributed by atoms with Crippen LogP contribution in [0.2, 0.25) is 39.3 Å². The molecule has 1 aliphatic rings. The fourth-order valence-electron chi connectivity index (χ4n) is 2.37. The summed E-state index contributed by atoms with van der Waals surface area (Å²) in [6.07, 6.45) is 7.33. The summed E-state index contributed by atoms with van der Waals surface area (Å²) in [5.74, 6) is 0. The summed E-state index contributed by atoms with van der Waals surface area (Å²) >= 11 is 0. The molecule has 1 rings (SSSR count). The summed E-state index contributed by atoms with van der Waals surface area (Å²) in [4.78, 5) is 0. The fraction of sp³-hybridized carbons (Fsp3) is 0.733. The molecule has 0 radical (unpaired) electrons. The highest BCUT2D eigenvalue weighted by atomic mass is 28.3.